The van der Waals surface area contributed by atoms with Gasteiger partial charge in [0, 0.05) is 72.9 Å². The molecule has 0 bridgehead atoms. The summed E-state index contributed by atoms with van der Waals surface area (Å²) in [4.78, 5) is 12.8. The zero-order valence-electron chi connectivity index (χ0n) is 38.6. The van der Waals surface area contributed by atoms with Gasteiger partial charge in [-0.05, 0) is 61.7 Å². The quantitative estimate of drug-likeness (QED) is 0.154. The van der Waals surface area contributed by atoms with Gasteiger partial charge in [-0.15, -0.1) is 0 Å². The summed E-state index contributed by atoms with van der Waals surface area (Å²) in [6.45, 7) is 30.4. The SMILES string of the molecule is CC.CC.CC.CC.CC.CC.Cc1cccc2c3ccncc3n(C)c12.Cc1cccc2c3cnccc3n(C)c12.Cc1cccc2c3ncccc3n(C)c12. The molecule has 0 radical (unpaired) electrons. The average molecular weight is 769 g/mol. The number of aromatic nitrogens is 6. The molecule has 6 nitrogen and oxygen atoms in total. The summed E-state index contributed by atoms with van der Waals surface area (Å²) < 4.78 is 6.67. The Morgan fingerprint density at radius 2 is 0.772 bits per heavy atom. The van der Waals surface area contributed by atoms with E-state index in [0.29, 0.717) is 0 Å². The van der Waals surface area contributed by atoms with Crippen molar-refractivity contribution in [1.82, 2.24) is 28.7 Å². The lowest BCUT2D eigenvalue weighted by Gasteiger charge is -2.00. The summed E-state index contributed by atoms with van der Waals surface area (Å²) >= 11 is 0. The fourth-order valence-electron chi connectivity index (χ4n) is 6.94. The highest BCUT2D eigenvalue weighted by molar-refractivity contribution is 6.09. The molecule has 3 aromatic carbocycles. The second-order valence-corrected chi connectivity index (χ2v) is 11.7. The van der Waals surface area contributed by atoms with Gasteiger partial charge in [0.1, 0.15) is 0 Å². The van der Waals surface area contributed by atoms with E-state index < -0.39 is 0 Å². The molecule has 0 spiro atoms. The number of aryl methyl sites for hydroxylation is 6. The fraction of sp³-hybridized carbons (Fsp3) is 0.353. The summed E-state index contributed by atoms with van der Waals surface area (Å²) in [5.41, 5.74) is 12.6. The Labute approximate surface area is 344 Å². The number of fused-ring (bicyclic) bond motifs is 9. The maximum absolute atomic E-state index is 4.45. The van der Waals surface area contributed by atoms with Crippen LogP contribution in [0.15, 0.2) is 110 Å². The minimum Gasteiger partial charge on any atom is -0.343 e. The van der Waals surface area contributed by atoms with Crippen molar-refractivity contribution >= 4 is 65.5 Å². The first-order chi connectivity index (χ1) is 27.9. The van der Waals surface area contributed by atoms with E-state index in [4.69, 9.17) is 0 Å². The maximum atomic E-state index is 4.45. The first-order valence-electron chi connectivity index (χ1n) is 21.2. The van der Waals surface area contributed by atoms with Crippen molar-refractivity contribution in [3.63, 3.8) is 0 Å². The van der Waals surface area contributed by atoms with Crippen LogP contribution in [0.4, 0.5) is 0 Å². The third kappa shape index (κ3) is 10.7. The molecule has 306 valence electrons. The number of benzene rings is 3. The van der Waals surface area contributed by atoms with Crippen LogP contribution in [0.1, 0.15) is 99.8 Å². The Hall–Kier alpha value is -5.49. The lowest BCUT2D eigenvalue weighted by molar-refractivity contribution is 1.00. The van der Waals surface area contributed by atoms with Crippen molar-refractivity contribution in [2.75, 3.05) is 0 Å². The van der Waals surface area contributed by atoms with Crippen LogP contribution in [0.5, 0.6) is 0 Å². The van der Waals surface area contributed by atoms with Crippen LogP contribution in [-0.2, 0) is 21.1 Å². The number of para-hydroxylation sites is 3. The van der Waals surface area contributed by atoms with E-state index in [1.165, 1.54) is 76.7 Å². The molecule has 0 aliphatic carbocycles. The predicted molar refractivity (Wildman–Crippen MR) is 257 cm³/mol. The summed E-state index contributed by atoms with van der Waals surface area (Å²) in [5.74, 6) is 0. The molecule has 9 rings (SSSR count). The van der Waals surface area contributed by atoms with Gasteiger partial charge in [-0.1, -0.05) is 138 Å². The number of rotatable bonds is 0. The molecule has 0 fully saturated rings. The van der Waals surface area contributed by atoms with Crippen LogP contribution in [0.2, 0.25) is 0 Å². The molecule has 0 unspecified atom stereocenters. The topological polar surface area (TPSA) is 53.5 Å². The molecule has 0 amide bonds. The molecule has 0 saturated heterocycles. The Morgan fingerprint density at radius 1 is 0.351 bits per heavy atom. The fourth-order valence-corrected chi connectivity index (χ4v) is 6.94. The first-order valence-corrected chi connectivity index (χ1v) is 21.2. The highest BCUT2D eigenvalue weighted by atomic mass is 15.0. The van der Waals surface area contributed by atoms with E-state index >= 15 is 0 Å². The van der Waals surface area contributed by atoms with Gasteiger partial charge >= 0.3 is 0 Å². The number of nitrogens with zero attached hydrogens (tertiary/aromatic N) is 6. The van der Waals surface area contributed by atoms with Crippen molar-refractivity contribution in [2.45, 2.75) is 104 Å². The van der Waals surface area contributed by atoms with E-state index in [2.05, 4.69) is 143 Å². The van der Waals surface area contributed by atoms with E-state index in [-0.39, 0.29) is 0 Å². The van der Waals surface area contributed by atoms with Gasteiger partial charge in [-0.25, -0.2) is 0 Å². The molecule has 6 aromatic heterocycles. The zero-order chi connectivity index (χ0) is 43.2. The van der Waals surface area contributed by atoms with Crippen molar-refractivity contribution in [3.8, 4) is 0 Å². The third-order valence-corrected chi connectivity index (χ3v) is 9.02. The molecule has 0 aliphatic rings. The molecule has 0 saturated carbocycles. The van der Waals surface area contributed by atoms with Gasteiger partial charge in [0.15, 0.2) is 0 Å². The summed E-state index contributed by atoms with van der Waals surface area (Å²) in [7, 11) is 6.30. The molecule has 57 heavy (non-hydrogen) atoms. The van der Waals surface area contributed by atoms with Crippen molar-refractivity contribution in [2.24, 2.45) is 21.1 Å². The Kier molecular flexibility index (Phi) is 22.3. The number of hydrogen-bond acceptors (Lipinski definition) is 3. The van der Waals surface area contributed by atoms with Crippen molar-refractivity contribution in [3.05, 3.63) is 127 Å². The Balaban J connectivity index is 0.000000377. The molecule has 0 atom stereocenters. The highest BCUT2D eigenvalue weighted by Gasteiger charge is 2.11. The van der Waals surface area contributed by atoms with Gasteiger partial charge in [-0.2, -0.15) is 0 Å². The monoisotopic (exact) mass is 769 g/mol. The van der Waals surface area contributed by atoms with Crippen LogP contribution < -0.4 is 0 Å². The summed E-state index contributed by atoms with van der Waals surface area (Å²) in [6, 6.07) is 27.4. The lowest BCUT2D eigenvalue weighted by Crippen LogP contribution is -1.88. The average Bonchev–Trinajstić information content (AvgIpc) is 3.88. The highest BCUT2D eigenvalue weighted by Crippen LogP contribution is 2.31. The van der Waals surface area contributed by atoms with E-state index in [1.807, 2.05) is 120 Å². The largest absolute Gasteiger partial charge is 0.343 e. The van der Waals surface area contributed by atoms with E-state index in [9.17, 15) is 0 Å². The molecule has 0 aliphatic heterocycles. The molecular weight excluding hydrogens is 697 g/mol. The van der Waals surface area contributed by atoms with E-state index in [1.54, 1.807) is 0 Å². The molecule has 6 heterocycles. The van der Waals surface area contributed by atoms with Gasteiger partial charge in [0.25, 0.3) is 0 Å². The molecule has 0 N–H and O–H groups in total. The lowest BCUT2D eigenvalue weighted by atomic mass is 10.1. The second kappa shape index (κ2) is 25.6. The standard InChI is InChI=1S/3C13H12N2.6C2H6/c1-9-5-3-6-10-12-11(7-4-8-14-12)15(2)13(9)10;1-9-4-3-5-11-10-6-7-14-8-12(10)15(2)13(9)11;1-9-4-3-5-10-11-8-14-7-6-12(11)15(2)13(9)10;6*1-2/h3*3-8H,1-2H3;6*1-2H3. The molecule has 6 heteroatoms. The van der Waals surface area contributed by atoms with Gasteiger partial charge < -0.3 is 13.7 Å². The Bertz CT molecular complexity index is 2230. The second-order valence-electron chi connectivity index (χ2n) is 11.7. The van der Waals surface area contributed by atoms with Gasteiger partial charge in [-0.3, -0.25) is 15.0 Å². The third-order valence-electron chi connectivity index (χ3n) is 9.02. The minimum absolute atomic E-state index is 1.10. The van der Waals surface area contributed by atoms with Gasteiger partial charge in [0.05, 0.1) is 44.8 Å². The van der Waals surface area contributed by atoms with Crippen molar-refractivity contribution in [1.29, 1.82) is 0 Å². The predicted octanol–water partition coefficient (Wildman–Crippen LogP) is 15.3. The van der Waals surface area contributed by atoms with Crippen LogP contribution in [0.25, 0.3) is 65.5 Å². The molecule has 9 aromatic rings. The Morgan fingerprint density at radius 3 is 1.32 bits per heavy atom. The number of pyridine rings is 3. The van der Waals surface area contributed by atoms with Crippen LogP contribution in [-0.4, -0.2) is 28.7 Å². The summed E-state index contributed by atoms with van der Waals surface area (Å²) in [5, 5.41) is 6.37. The zero-order valence-corrected chi connectivity index (χ0v) is 38.6. The smallest absolute Gasteiger partial charge is 0.0959 e. The van der Waals surface area contributed by atoms with Crippen LogP contribution >= 0.6 is 0 Å². The van der Waals surface area contributed by atoms with Crippen LogP contribution in [0.3, 0.4) is 0 Å². The van der Waals surface area contributed by atoms with Crippen LogP contribution in [0, 0.1) is 20.8 Å². The maximum Gasteiger partial charge on any atom is 0.0959 e. The van der Waals surface area contributed by atoms with E-state index in [0.717, 1.165) is 5.52 Å². The minimum atomic E-state index is 1.10. The normalized spacial score (nSPS) is 9.58. The molecular formula is C51H72N6. The van der Waals surface area contributed by atoms with Crippen molar-refractivity contribution < 1.29 is 0 Å². The number of hydrogen-bond donors (Lipinski definition) is 0. The first kappa shape index (κ1) is 49.5. The summed E-state index contributed by atoms with van der Waals surface area (Å²) in [6.07, 6.45) is 9.41. The van der Waals surface area contributed by atoms with Gasteiger partial charge in [0.2, 0.25) is 0 Å².